The first-order valence-electron chi connectivity index (χ1n) is 9.80. The average Bonchev–Trinajstić information content (AvgIpc) is 3.43. The smallest absolute Gasteiger partial charge is 0.231 e. The van der Waals surface area contributed by atoms with E-state index < -0.39 is 0 Å². The van der Waals surface area contributed by atoms with Crippen LogP contribution in [0.15, 0.2) is 47.9 Å². The second-order valence-corrected chi connectivity index (χ2v) is 7.82. The monoisotopic (exact) mass is 441 g/mol. The molecule has 3 aromatic rings. The number of carbonyl (C=O) groups excluding carboxylic acids is 1. The van der Waals surface area contributed by atoms with Crippen LogP contribution in [0.3, 0.4) is 0 Å². The quantitative estimate of drug-likeness (QED) is 0.506. The van der Waals surface area contributed by atoms with Gasteiger partial charge in [0.15, 0.2) is 22.5 Å². The second-order valence-electron chi connectivity index (χ2n) is 6.88. The van der Waals surface area contributed by atoms with Gasteiger partial charge in [-0.1, -0.05) is 17.8 Å². The highest BCUT2D eigenvalue weighted by molar-refractivity contribution is 7.99. The molecule has 0 saturated heterocycles. The molecule has 1 aliphatic rings. The highest BCUT2D eigenvalue weighted by Gasteiger charge is 2.19. The Balaban J connectivity index is 1.40. The van der Waals surface area contributed by atoms with Gasteiger partial charge < -0.3 is 19.5 Å². The van der Waals surface area contributed by atoms with Crippen molar-refractivity contribution in [1.82, 2.24) is 25.1 Å². The lowest BCUT2D eigenvalue weighted by atomic mass is 10.1. The van der Waals surface area contributed by atoms with E-state index in [1.54, 1.807) is 19.5 Å². The minimum absolute atomic E-state index is 0.0954. The number of aromatic nitrogens is 4. The fourth-order valence-corrected chi connectivity index (χ4v) is 3.95. The van der Waals surface area contributed by atoms with Crippen LogP contribution in [0, 0.1) is 0 Å². The van der Waals surface area contributed by atoms with Crippen molar-refractivity contribution >= 4 is 17.7 Å². The molecular formula is C21H23N5O4S. The lowest BCUT2D eigenvalue weighted by Crippen LogP contribution is -2.28. The summed E-state index contributed by atoms with van der Waals surface area (Å²) in [6, 6.07) is 9.26. The third-order valence-electron chi connectivity index (χ3n) is 4.78. The summed E-state index contributed by atoms with van der Waals surface area (Å²) >= 11 is 1.34. The molecule has 3 heterocycles. The number of pyridine rings is 1. The molecular weight excluding hydrogens is 418 g/mol. The van der Waals surface area contributed by atoms with Gasteiger partial charge in [-0.3, -0.25) is 14.3 Å². The van der Waals surface area contributed by atoms with Crippen molar-refractivity contribution in [2.24, 2.45) is 0 Å². The molecule has 1 atom stereocenters. The summed E-state index contributed by atoms with van der Waals surface area (Å²) < 4.78 is 17.9. The Morgan fingerprint density at radius 1 is 1.23 bits per heavy atom. The molecule has 1 aromatic carbocycles. The van der Waals surface area contributed by atoms with Crippen LogP contribution in [0.25, 0.3) is 11.4 Å². The topological polar surface area (TPSA) is 100 Å². The summed E-state index contributed by atoms with van der Waals surface area (Å²) in [5.41, 5.74) is 1.86. The van der Waals surface area contributed by atoms with E-state index in [-0.39, 0.29) is 24.5 Å². The number of amides is 1. The van der Waals surface area contributed by atoms with Crippen molar-refractivity contribution in [3.63, 3.8) is 0 Å². The van der Waals surface area contributed by atoms with Crippen LogP contribution in [0.2, 0.25) is 0 Å². The van der Waals surface area contributed by atoms with Crippen LogP contribution in [0.4, 0.5) is 0 Å². The molecule has 2 aromatic heterocycles. The van der Waals surface area contributed by atoms with E-state index in [9.17, 15) is 4.79 Å². The standard InChI is InChI=1S/C21H23N5O4S/c1-14(16-3-4-17-18(11-16)30-13-29-17)23-19(27)12-31-21-25-24-20(26(21)9-10-28-2)15-5-7-22-8-6-15/h3-8,11,14H,9-10,12-13H2,1-2H3,(H,23,27). The minimum Gasteiger partial charge on any atom is -0.454 e. The SMILES string of the molecule is COCCn1c(SCC(=O)NC(C)c2ccc3c(c2)OCO3)nnc1-c1ccncc1. The number of hydrogen-bond donors (Lipinski definition) is 1. The number of rotatable bonds is 9. The summed E-state index contributed by atoms with van der Waals surface area (Å²) in [5.74, 6) is 2.26. The Morgan fingerprint density at radius 3 is 2.84 bits per heavy atom. The van der Waals surface area contributed by atoms with Crippen molar-refractivity contribution in [3.05, 3.63) is 48.3 Å². The zero-order chi connectivity index (χ0) is 21.6. The highest BCUT2D eigenvalue weighted by atomic mass is 32.2. The number of nitrogens with one attached hydrogen (secondary N) is 1. The molecule has 31 heavy (non-hydrogen) atoms. The predicted molar refractivity (Wildman–Crippen MR) is 115 cm³/mol. The Bertz CT molecular complexity index is 1040. The number of hydrogen-bond acceptors (Lipinski definition) is 8. The molecule has 0 fully saturated rings. The molecule has 0 radical (unpaired) electrons. The maximum Gasteiger partial charge on any atom is 0.231 e. The maximum atomic E-state index is 12.6. The van der Waals surface area contributed by atoms with Crippen LogP contribution >= 0.6 is 11.8 Å². The van der Waals surface area contributed by atoms with Crippen LogP contribution in [0.5, 0.6) is 11.5 Å². The van der Waals surface area contributed by atoms with Gasteiger partial charge in [0.05, 0.1) is 24.9 Å². The van der Waals surface area contributed by atoms with E-state index in [0.29, 0.717) is 24.1 Å². The van der Waals surface area contributed by atoms with Crippen molar-refractivity contribution in [3.8, 4) is 22.9 Å². The Hall–Kier alpha value is -3.11. The molecule has 162 valence electrons. The second kappa shape index (κ2) is 9.80. The third kappa shape index (κ3) is 4.97. The summed E-state index contributed by atoms with van der Waals surface area (Å²) in [6.07, 6.45) is 3.42. The number of carbonyl (C=O) groups is 1. The van der Waals surface area contributed by atoms with E-state index in [1.165, 1.54) is 11.8 Å². The minimum atomic E-state index is -0.165. The normalized spacial score (nSPS) is 13.2. The lowest BCUT2D eigenvalue weighted by molar-refractivity contribution is -0.119. The summed E-state index contributed by atoms with van der Waals surface area (Å²) in [4.78, 5) is 16.6. The number of methoxy groups -OCH3 is 1. The molecule has 1 N–H and O–H groups in total. The van der Waals surface area contributed by atoms with Gasteiger partial charge in [0, 0.05) is 25.1 Å². The van der Waals surface area contributed by atoms with Gasteiger partial charge in [-0.25, -0.2) is 0 Å². The van der Waals surface area contributed by atoms with Gasteiger partial charge in [-0.2, -0.15) is 0 Å². The Morgan fingerprint density at radius 2 is 2.03 bits per heavy atom. The molecule has 0 saturated carbocycles. The van der Waals surface area contributed by atoms with Gasteiger partial charge in [0.2, 0.25) is 12.7 Å². The van der Waals surface area contributed by atoms with E-state index >= 15 is 0 Å². The van der Waals surface area contributed by atoms with Gasteiger partial charge in [0.25, 0.3) is 0 Å². The molecule has 0 spiro atoms. The maximum absolute atomic E-state index is 12.6. The van der Waals surface area contributed by atoms with Gasteiger partial charge in [-0.15, -0.1) is 10.2 Å². The van der Waals surface area contributed by atoms with Gasteiger partial charge in [-0.05, 0) is 36.8 Å². The van der Waals surface area contributed by atoms with Crippen LogP contribution < -0.4 is 14.8 Å². The summed E-state index contributed by atoms with van der Waals surface area (Å²) in [6.45, 7) is 3.25. The molecule has 1 aliphatic heterocycles. The summed E-state index contributed by atoms with van der Waals surface area (Å²) in [5, 5.41) is 12.3. The molecule has 4 rings (SSSR count). The van der Waals surface area contributed by atoms with Crippen LogP contribution in [-0.2, 0) is 16.1 Å². The fraction of sp³-hybridized carbons (Fsp3) is 0.333. The number of fused-ring (bicyclic) bond motifs is 1. The Labute approximate surface area is 184 Å². The zero-order valence-electron chi connectivity index (χ0n) is 17.3. The van der Waals surface area contributed by atoms with E-state index in [0.717, 1.165) is 22.7 Å². The van der Waals surface area contributed by atoms with Crippen molar-refractivity contribution in [2.45, 2.75) is 24.7 Å². The van der Waals surface area contributed by atoms with E-state index in [2.05, 4.69) is 20.5 Å². The first-order valence-corrected chi connectivity index (χ1v) is 10.8. The molecule has 0 bridgehead atoms. The van der Waals surface area contributed by atoms with Crippen LogP contribution in [-0.4, -0.2) is 51.9 Å². The molecule has 0 aliphatic carbocycles. The largest absolute Gasteiger partial charge is 0.454 e. The Kier molecular flexibility index (Phi) is 6.68. The number of ether oxygens (including phenoxy) is 3. The van der Waals surface area contributed by atoms with Crippen molar-refractivity contribution in [2.75, 3.05) is 26.3 Å². The molecule has 9 nitrogen and oxygen atoms in total. The molecule has 1 amide bonds. The van der Waals surface area contributed by atoms with E-state index in [1.807, 2.05) is 41.8 Å². The van der Waals surface area contributed by atoms with Crippen molar-refractivity contribution in [1.29, 1.82) is 0 Å². The lowest BCUT2D eigenvalue weighted by Gasteiger charge is -2.15. The molecule has 1 unspecified atom stereocenters. The fourth-order valence-electron chi connectivity index (χ4n) is 3.17. The van der Waals surface area contributed by atoms with Gasteiger partial charge >= 0.3 is 0 Å². The first-order chi connectivity index (χ1) is 15.2. The van der Waals surface area contributed by atoms with Gasteiger partial charge in [0.1, 0.15) is 0 Å². The summed E-state index contributed by atoms with van der Waals surface area (Å²) in [7, 11) is 1.65. The highest BCUT2D eigenvalue weighted by Crippen LogP contribution is 2.34. The predicted octanol–water partition coefficient (Wildman–Crippen LogP) is 2.68. The number of nitrogens with zero attached hydrogens (tertiary/aromatic N) is 4. The van der Waals surface area contributed by atoms with E-state index in [4.69, 9.17) is 14.2 Å². The first kappa shape index (κ1) is 21.1. The number of thioether (sulfide) groups is 1. The number of benzene rings is 1. The van der Waals surface area contributed by atoms with Crippen molar-refractivity contribution < 1.29 is 19.0 Å². The van der Waals surface area contributed by atoms with Crippen LogP contribution in [0.1, 0.15) is 18.5 Å². The third-order valence-corrected chi connectivity index (χ3v) is 5.75. The molecule has 10 heteroatoms. The zero-order valence-corrected chi connectivity index (χ0v) is 18.1. The average molecular weight is 442 g/mol.